The van der Waals surface area contributed by atoms with Crippen molar-refractivity contribution in [3.63, 3.8) is 0 Å². The van der Waals surface area contributed by atoms with Crippen LogP contribution in [0.3, 0.4) is 0 Å². The van der Waals surface area contributed by atoms with Crippen LogP contribution in [0.2, 0.25) is 0 Å². The van der Waals surface area contributed by atoms with Crippen LogP contribution in [0, 0.1) is 23.6 Å². The van der Waals surface area contributed by atoms with Gasteiger partial charge in [0.2, 0.25) is 0 Å². The van der Waals surface area contributed by atoms with E-state index in [9.17, 15) is 4.39 Å². The first-order valence-electron chi connectivity index (χ1n) is 10.0. The lowest BCUT2D eigenvalue weighted by molar-refractivity contribution is 0.182. The van der Waals surface area contributed by atoms with Crippen molar-refractivity contribution < 1.29 is 4.39 Å². The Morgan fingerprint density at radius 1 is 0.913 bits per heavy atom. The highest BCUT2D eigenvalue weighted by Gasteiger charge is 2.30. The minimum absolute atomic E-state index is 0.0554. The molecule has 0 saturated heterocycles. The first kappa shape index (κ1) is 17.0. The minimum Gasteiger partial charge on any atom is -0.207 e. The van der Waals surface area contributed by atoms with Crippen molar-refractivity contribution in [2.75, 3.05) is 0 Å². The largest absolute Gasteiger partial charge is 0.207 e. The first-order valence-corrected chi connectivity index (χ1v) is 10.0. The molecule has 0 aliphatic heterocycles. The molecular weight excluding hydrogens is 283 g/mol. The number of hydrogen-bond donors (Lipinski definition) is 0. The average Bonchev–Trinajstić information content (AvgIpc) is 2.58. The van der Waals surface area contributed by atoms with Crippen molar-refractivity contribution in [3.8, 4) is 0 Å². The molecule has 0 N–H and O–H groups in total. The molecular formula is C22H33F. The van der Waals surface area contributed by atoms with E-state index in [1.54, 1.807) is 12.1 Å². The predicted octanol–water partition coefficient (Wildman–Crippen LogP) is 6.71. The summed E-state index contributed by atoms with van der Waals surface area (Å²) in [6.07, 6.45) is 16.4. The number of benzene rings is 1. The highest BCUT2D eigenvalue weighted by molar-refractivity contribution is 5.30. The van der Waals surface area contributed by atoms with Gasteiger partial charge >= 0.3 is 0 Å². The molecule has 0 radical (unpaired) electrons. The summed E-state index contributed by atoms with van der Waals surface area (Å²) in [6.45, 7) is 2.29. The molecule has 0 heterocycles. The molecule has 1 aromatic carbocycles. The Kier molecular flexibility index (Phi) is 6.14. The van der Waals surface area contributed by atoms with Crippen LogP contribution in [-0.4, -0.2) is 0 Å². The van der Waals surface area contributed by atoms with Crippen LogP contribution in [-0.2, 0) is 12.8 Å². The van der Waals surface area contributed by atoms with Crippen molar-refractivity contribution in [3.05, 3.63) is 35.1 Å². The third-order valence-corrected chi connectivity index (χ3v) is 6.46. The predicted molar refractivity (Wildman–Crippen MR) is 96.1 cm³/mol. The van der Waals surface area contributed by atoms with Crippen LogP contribution in [0.15, 0.2) is 18.2 Å². The molecule has 0 amide bonds. The Morgan fingerprint density at radius 2 is 1.74 bits per heavy atom. The second-order valence-electron chi connectivity index (χ2n) is 8.05. The fourth-order valence-electron chi connectivity index (χ4n) is 4.96. The molecule has 3 rings (SSSR count). The fraction of sp³-hybridized carbons (Fsp3) is 0.727. The van der Waals surface area contributed by atoms with E-state index in [1.807, 2.05) is 6.07 Å². The molecule has 1 aromatic rings. The van der Waals surface area contributed by atoms with Gasteiger partial charge in [-0.25, -0.2) is 4.39 Å². The quantitative estimate of drug-likeness (QED) is 0.512. The van der Waals surface area contributed by atoms with Crippen LogP contribution < -0.4 is 0 Å². The van der Waals surface area contributed by atoms with Gasteiger partial charge in [-0.2, -0.15) is 0 Å². The maximum atomic E-state index is 13.5. The van der Waals surface area contributed by atoms with E-state index in [4.69, 9.17) is 0 Å². The van der Waals surface area contributed by atoms with Crippen LogP contribution >= 0.6 is 0 Å². The van der Waals surface area contributed by atoms with E-state index in [2.05, 4.69) is 6.92 Å². The zero-order valence-electron chi connectivity index (χ0n) is 14.8. The maximum absolute atomic E-state index is 13.5. The van der Waals surface area contributed by atoms with Gasteiger partial charge in [0.05, 0.1) is 0 Å². The van der Waals surface area contributed by atoms with Gasteiger partial charge in [-0.1, -0.05) is 57.9 Å². The molecule has 0 aromatic heterocycles. The number of aryl methyl sites for hydroxylation is 1. The van der Waals surface area contributed by atoms with Gasteiger partial charge in [0.1, 0.15) is 5.82 Å². The van der Waals surface area contributed by atoms with Crippen molar-refractivity contribution in [1.29, 1.82) is 0 Å². The molecule has 1 heteroatoms. The highest BCUT2D eigenvalue weighted by Crippen LogP contribution is 2.40. The molecule has 23 heavy (non-hydrogen) atoms. The van der Waals surface area contributed by atoms with Crippen LogP contribution in [0.4, 0.5) is 4.39 Å². The van der Waals surface area contributed by atoms with Gasteiger partial charge in [0.15, 0.2) is 0 Å². The summed E-state index contributed by atoms with van der Waals surface area (Å²) in [5.41, 5.74) is 2.69. The topological polar surface area (TPSA) is 0 Å². The molecule has 128 valence electrons. The molecule has 2 aliphatic rings. The van der Waals surface area contributed by atoms with E-state index in [0.29, 0.717) is 0 Å². The molecule has 0 spiro atoms. The third kappa shape index (κ3) is 4.58. The van der Waals surface area contributed by atoms with E-state index >= 15 is 0 Å². The van der Waals surface area contributed by atoms with E-state index < -0.39 is 0 Å². The Labute approximate surface area is 141 Å². The van der Waals surface area contributed by atoms with Crippen molar-refractivity contribution in [2.45, 2.75) is 84.0 Å². The number of unbranched alkanes of at least 4 members (excludes halogenated alkanes) is 3. The van der Waals surface area contributed by atoms with E-state index in [0.717, 1.165) is 30.6 Å². The zero-order chi connectivity index (χ0) is 16.1. The van der Waals surface area contributed by atoms with E-state index in [1.165, 1.54) is 75.3 Å². The van der Waals surface area contributed by atoms with Gasteiger partial charge in [0.25, 0.3) is 0 Å². The highest BCUT2D eigenvalue weighted by atomic mass is 19.1. The standard InChI is InChI=1S/C22H33F/c1-2-3-4-5-6-17-7-9-18(10-8-17)20-12-11-19-13-14-22(23)16-21(19)15-20/h13-14,16-18,20H,2-12,15H2,1H3. The molecule has 2 aliphatic carbocycles. The summed E-state index contributed by atoms with van der Waals surface area (Å²) in [5, 5.41) is 0. The minimum atomic E-state index is -0.0554. The second-order valence-corrected chi connectivity index (χ2v) is 8.05. The Hall–Kier alpha value is -0.850. The first-order chi connectivity index (χ1) is 11.3. The van der Waals surface area contributed by atoms with E-state index in [-0.39, 0.29) is 5.82 Å². The lowest BCUT2D eigenvalue weighted by Gasteiger charge is -2.36. The van der Waals surface area contributed by atoms with Gasteiger partial charge in [-0.05, 0) is 73.1 Å². The molecule has 0 bridgehead atoms. The number of rotatable bonds is 6. The Balaban J connectivity index is 1.45. The summed E-state index contributed by atoms with van der Waals surface area (Å²) in [7, 11) is 0. The number of halogens is 1. The van der Waals surface area contributed by atoms with Gasteiger partial charge in [-0.15, -0.1) is 0 Å². The van der Waals surface area contributed by atoms with Crippen molar-refractivity contribution >= 4 is 0 Å². The molecule has 0 nitrogen and oxygen atoms in total. The molecule has 1 unspecified atom stereocenters. The van der Waals surface area contributed by atoms with Gasteiger partial charge < -0.3 is 0 Å². The number of hydrogen-bond acceptors (Lipinski definition) is 0. The summed E-state index contributed by atoms with van der Waals surface area (Å²) in [4.78, 5) is 0. The van der Waals surface area contributed by atoms with Crippen LogP contribution in [0.1, 0.15) is 82.3 Å². The normalized spacial score (nSPS) is 27.7. The lowest BCUT2D eigenvalue weighted by Crippen LogP contribution is -2.26. The van der Waals surface area contributed by atoms with Crippen molar-refractivity contribution in [2.24, 2.45) is 17.8 Å². The summed E-state index contributed by atoms with van der Waals surface area (Å²) >= 11 is 0. The van der Waals surface area contributed by atoms with Crippen LogP contribution in [0.25, 0.3) is 0 Å². The smallest absolute Gasteiger partial charge is 0.123 e. The van der Waals surface area contributed by atoms with Crippen molar-refractivity contribution in [1.82, 2.24) is 0 Å². The summed E-state index contributed by atoms with van der Waals surface area (Å²) in [5.74, 6) is 2.65. The summed E-state index contributed by atoms with van der Waals surface area (Å²) < 4.78 is 13.5. The van der Waals surface area contributed by atoms with Gasteiger partial charge in [-0.3, -0.25) is 0 Å². The second kappa shape index (κ2) is 8.31. The molecule has 1 fully saturated rings. The lowest BCUT2D eigenvalue weighted by atomic mass is 9.69. The maximum Gasteiger partial charge on any atom is 0.123 e. The zero-order valence-corrected chi connectivity index (χ0v) is 14.8. The van der Waals surface area contributed by atoms with Crippen LogP contribution in [0.5, 0.6) is 0 Å². The Morgan fingerprint density at radius 3 is 2.52 bits per heavy atom. The summed E-state index contributed by atoms with van der Waals surface area (Å²) in [6, 6.07) is 5.43. The monoisotopic (exact) mass is 316 g/mol. The third-order valence-electron chi connectivity index (χ3n) is 6.46. The average molecular weight is 317 g/mol. The molecule has 1 atom stereocenters. The Bertz CT molecular complexity index is 485. The fourth-order valence-corrected chi connectivity index (χ4v) is 4.96. The molecule has 1 saturated carbocycles. The van der Waals surface area contributed by atoms with Gasteiger partial charge in [0, 0.05) is 0 Å². The number of fused-ring (bicyclic) bond motifs is 1. The SMILES string of the molecule is CCCCCCC1CCC(C2CCc3ccc(F)cc3C2)CC1.